The van der Waals surface area contributed by atoms with Crippen molar-refractivity contribution in [2.45, 2.75) is 36.9 Å². The molecule has 8 nitrogen and oxygen atoms in total. The predicted octanol–water partition coefficient (Wildman–Crippen LogP) is 2.33. The van der Waals surface area contributed by atoms with E-state index >= 15 is 0 Å². The van der Waals surface area contributed by atoms with E-state index in [1.54, 1.807) is 0 Å². The number of carboxylic acid groups (broad SMARTS) is 1. The number of nitrogens with zero attached hydrogens (tertiary/aromatic N) is 1. The van der Waals surface area contributed by atoms with Gasteiger partial charge in [0, 0.05) is 55.1 Å². The summed E-state index contributed by atoms with van der Waals surface area (Å²) >= 11 is 0. The molecule has 0 amide bonds. The third kappa shape index (κ3) is 5.68. The quantitative estimate of drug-likeness (QED) is 0.574. The van der Waals surface area contributed by atoms with Crippen molar-refractivity contribution in [3.63, 3.8) is 0 Å². The van der Waals surface area contributed by atoms with Crippen molar-refractivity contribution in [2.75, 3.05) is 26.2 Å². The second-order valence-electron chi connectivity index (χ2n) is 8.74. The molecule has 3 fully saturated rings. The molecule has 3 heterocycles. The summed E-state index contributed by atoms with van der Waals surface area (Å²) < 4.78 is 64.7. The molecule has 3 aliphatic rings. The number of aliphatic carboxylic acids is 1. The van der Waals surface area contributed by atoms with E-state index in [4.69, 9.17) is 14.6 Å². The number of fused-ring (bicyclic) bond motifs is 2. The van der Waals surface area contributed by atoms with Crippen molar-refractivity contribution >= 4 is 26.9 Å². The molecule has 2 saturated heterocycles. The number of H-pyrrole nitrogens is 1. The van der Waals surface area contributed by atoms with Crippen LogP contribution in [-0.2, 0) is 26.1 Å². The van der Waals surface area contributed by atoms with Crippen LogP contribution in [0.3, 0.4) is 0 Å². The number of rotatable bonds is 6. The molecule has 0 unspecified atom stereocenters. The van der Waals surface area contributed by atoms with Gasteiger partial charge in [0.2, 0.25) is 10.0 Å². The first-order valence-electron chi connectivity index (χ1n) is 10.7. The second-order valence-corrected chi connectivity index (χ2v) is 10.8. The molecule has 1 aromatic heterocycles. The highest BCUT2D eigenvalue weighted by atomic mass is 32.2. The van der Waals surface area contributed by atoms with Crippen LogP contribution in [0.2, 0.25) is 0 Å². The summed E-state index contributed by atoms with van der Waals surface area (Å²) in [5, 5.41) is 8.25. The van der Waals surface area contributed by atoms with Gasteiger partial charge in [-0.15, -0.1) is 0 Å². The summed E-state index contributed by atoms with van der Waals surface area (Å²) in [6, 6.07) is 8.51. The molecule has 1 saturated carbocycles. The number of ether oxygens (including phenoxy) is 1. The molecule has 0 spiro atoms. The molecule has 12 heteroatoms. The zero-order valence-corrected chi connectivity index (χ0v) is 18.5. The molecule has 2 aliphatic heterocycles. The lowest BCUT2D eigenvalue weighted by Crippen LogP contribution is -2.35. The van der Waals surface area contributed by atoms with E-state index in [-0.39, 0.29) is 17.3 Å². The first kappa shape index (κ1) is 24.0. The van der Waals surface area contributed by atoms with Crippen LogP contribution in [0.1, 0.15) is 18.4 Å². The van der Waals surface area contributed by atoms with Gasteiger partial charge in [0.05, 0.1) is 18.0 Å². The number of carbonyl (C=O) groups is 1. The lowest BCUT2D eigenvalue weighted by Gasteiger charge is -2.20. The average Bonchev–Trinajstić information content (AvgIpc) is 3.20. The van der Waals surface area contributed by atoms with Crippen LogP contribution >= 0.6 is 0 Å². The second kappa shape index (κ2) is 9.24. The monoisotopic (exact) mass is 489 g/mol. The number of aromatic amines is 1. The number of nitrogens with one attached hydrogen (secondary N) is 2. The summed E-state index contributed by atoms with van der Waals surface area (Å²) in [7, 11) is -3.11. The topological polar surface area (TPSA) is 112 Å². The maximum atomic E-state index is 12.1. The van der Waals surface area contributed by atoms with Gasteiger partial charge in [-0.2, -0.15) is 13.2 Å². The molecule has 5 rings (SSSR count). The number of halogens is 3. The van der Waals surface area contributed by atoms with E-state index in [9.17, 15) is 21.6 Å². The van der Waals surface area contributed by atoms with Crippen molar-refractivity contribution in [1.82, 2.24) is 14.6 Å². The van der Waals surface area contributed by atoms with Gasteiger partial charge in [-0.1, -0.05) is 12.1 Å². The van der Waals surface area contributed by atoms with Gasteiger partial charge in [-0.25, -0.2) is 17.9 Å². The van der Waals surface area contributed by atoms with E-state index in [0.29, 0.717) is 19.1 Å². The first-order chi connectivity index (χ1) is 15.5. The van der Waals surface area contributed by atoms with Crippen LogP contribution < -0.4 is 4.72 Å². The van der Waals surface area contributed by atoms with Gasteiger partial charge < -0.3 is 14.8 Å². The highest BCUT2D eigenvalue weighted by molar-refractivity contribution is 7.90. The van der Waals surface area contributed by atoms with E-state index in [0.717, 1.165) is 32.5 Å². The Morgan fingerprint density at radius 2 is 1.97 bits per heavy atom. The van der Waals surface area contributed by atoms with Crippen LogP contribution in [0.15, 0.2) is 30.5 Å². The Labute approximate surface area is 189 Å². The molecular weight excluding hydrogens is 463 g/mol. The molecule has 3 atom stereocenters. The Kier molecular flexibility index (Phi) is 6.72. The molecular formula is C21H26F3N3O5S. The SMILES string of the molecule is O=C(O)C(F)(F)F.O=S(=O)(NC[C@H]1CO[C@@H]2CN(Cc3cccc4[nH]ccc34)C[C@H]12)C1CC1. The van der Waals surface area contributed by atoms with Crippen LogP contribution in [0.5, 0.6) is 0 Å². The van der Waals surface area contributed by atoms with Crippen molar-refractivity contribution in [3.8, 4) is 0 Å². The van der Waals surface area contributed by atoms with Gasteiger partial charge in [0.25, 0.3) is 0 Å². The molecule has 1 aliphatic carbocycles. The van der Waals surface area contributed by atoms with Crippen molar-refractivity contribution in [2.24, 2.45) is 11.8 Å². The zero-order valence-electron chi connectivity index (χ0n) is 17.7. The van der Waals surface area contributed by atoms with Crippen molar-refractivity contribution in [3.05, 3.63) is 36.0 Å². The minimum absolute atomic E-state index is 0.150. The predicted molar refractivity (Wildman–Crippen MR) is 114 cm³/mol. The first-order valence-corrected chi connectivity index (χ1v) is 12.3. The van der Waals surface area contributed by atoms with Crippen LogP contribution in [0.25, 0.3) is 10.9 Å². The zero-order chi connectivity index (χ0) is 23.8. The number of aromatic nitrogens is 1. The maximum Gasteiger partial charge on any atom is 0.490 e. The summed E-state index contributed by atoms with van der Waals surface area (Å²) in [5.74, 6) is -2.06. The third-order valence-corrected chi connectivity index (χ3v) is 8.26. The smallest absolute Gasteiger partial charge is 0.475 e. The average molecular weight is 490 g/mol. The minimum atomic E-state index is -5.08. The van der Waals surface area contributed by atoms with Crippen LogP contribution in [-0.4, -0.2) is 73.1 Å². The maximum absolute atomic E-state index is 12.1. The summed E-state index contributed by atoms with van der Waals surface area (Å²) in [6.45, 7) is 4.00. The van der Waals surface area contributed by atoms with Crippen molar-refractivity contribution < 1.29 is 36.2 Å². The summed E-state index contributed by atoms with van der Waals surface area (Å²) in [6.07, 6.45) is -1.25. The van der Waals surface area contributed by atoms with Gasteiger partial charge in [-0.3, -0.25) is 4.90 Å². The fraction of sp³-hybridized carbons (Fsp3) is 0.571. The van der Waals surface area contributed by atoms with Gasteiger partial charge in [0.15, 0.2) is 0 Å². The molecule has 0 radical (unpaired) electrons. The number of carboxylic acids is 1. The molecule has 182 valence electrons. The normalized spacial score (nSPS) is 25.6. The van der Waals surface area contributed by atoms with Crippen LogP contribution in [0.4, 0.5) is 13.2 Å². The molecule has 3 N–H and O–H groups in total. The number of alkyl halides is 3. The number of likely N-dealkylation sites (tertiary alicyclic amines) is 1. The third-order valence-electron chi connectivity index (χ3n) is 6.35. The number of hydrogen-bond donors (Lipinski definition) is 3. The van der Waals surface area contributed by atoms with Gasteiger partial charge in [-0.05, 0) is 30.5 Å². The molecule has 33 heavy (non-hydrogen) atoms. The Hall–Kier alpha value is -2.15. The van der Waals surface area contributed by atoms with E-state index in [2.05, 4.69) is 38.9 Å². The van der Waals surface area contributed by atoms with E-state index in [1.165, 1.54) is 16.5 Å². The Morgan fingerprint density at radius 1 is 1.24 bits per heavy atom. The van der Waals surface area contributed by atoms with Gasteiger partial charge in [0.1, 0.15) is 0 Å². The summed E-state index contributed by atoms with van der Waals surface area (Å²) in [5.41, 5.74) is 2.50. The lowest BCUT2D eigenvalue weighted by atomic mass is 9.93. The number of hydrogen-bond acceptors (Lipinski definition) is 5. The van der Waals surface area contributed by atoms with Crippen molar-refractivity contribution in [1.29, 1.82) is 0 Å². The van der Waals surface area contributed by atoms with Crippen LogP contribution in [0, 0.1) is 11.8 Å². The Bertz CT molecular complexity index is 1100. The summed E-state index contributed by atoms with van der Waals surface area (Å²) in [4.78, 5) is 14.6. The number of sulfonamides is 1. The molecule has 1 aromatic carbocycles. The standard InChI is InChI=1S/C19H25N3O3S.C2HF3O2/c23-26(24,15-4-5-15)21-8-14-12-25-19-11-22(10-17(14)19)9-13-2-1-3-18-16(13)6-7-20-18;3-2(4,5)1(6)7/h1-3,6-7,14-15,17,19-21H,4-5,8-12H2;(H,6,7)/t14-,17+,19+;/m0./s1. The highest BCUT2D eigenvalue weighted by Gasteiger charge is 2.44. The van der Waals surface area contributed by atoms with Gasteiger partial charge >= 0.3 is 12.1 Å². The molecule has 0 bridgehead atoms. The Balaban J connectivity index is 0.000000325. The fourth-order valence-electron chi connectivity index (χ4n) is 4.47. The van der Waals surface area contributed by atoms with E-state index in [1.807, 2.05) is 6.20 Å². The minimum Gasteiger partial charge on any atom is -0.475 e. The fourth-order valence-corrected chi connectivity index (χ4v) is 5.91. The lowest BCUT2D eigenvalue weighted by molar-refractivity contribution is -0.192. The largest absolute Gasteiger partial charge is 0.490 e. The van der Waals surface area contributed by atoms with E-state index < -0.39 is 22.2 Å². The highest BCUT2D eigenvalue weighted by Crippen LogP contribution is 2.35. The molecule has 2 aromatic rings. The number of benzene rings is 1. The Morgan fingerprint density at radius 3 is 2.64 bits per heavy atom.